The van der Waals surface area contributed by atoms with E-state index in [0.717, 1.165) is 17.1 Å². The number of hydrazone groups is 1. The highest BCUT2D eigenvalue weighted by molar-refractivity contribution is 9.11. The Morgan fingerprint density at radius 2 is 1.62 bits per heavy atom. The van der Waals surface area contributed by atoms with Gasteiger partial charge in [-0.1, -0.05) is 18.2 Å². The highest BCUT2D eigenvalue weighted by Gasteiger charge is 2.13. The van der Waals surface area contributed by atoms with Crippen molar-refractivity contribution in [3.05, 3.63) is 134 Å². The quantitative estimate of drug-likeness (QED) is 0.118. The van der Waals surface area contributed by atoms with E-state index < -0.39 is 5.91 Å². The molecule has 7 nitrogen and oxygen atoms in total. The highest BCUT2D eigenvalue weighted by atomic mass is 79.9. The largest absolute Gasteiger partial charge is 0.486 e. The summed E-state index contributed by atoms with van der Waals surface area (Å²) in [5.74, 6) is 0.996. The van der Waals surface area contributed by atoms with Crippen molar-refractivity contribution in [2.24, 2.45) is 5.10 Å². The predicted molar refractivity (Wildman–Crippen MR) is 166 cm³/mol. The first kappa shape index (κ1) is 29.3. The molecular weight excluding hydrogens is 669 g/mol. The van der Waals surface area contributed by atoms with Crippen molar-refractivity contribution in [1.82, 2.24) is 9.99 Å². The molecule has 0 saturated carbocycles. The predicted octanol–water partition coefficient (Wildman–Crippen LogP) is 8.27. The van der Waals surface area contributed by atoms with Crippen LogP contribution in [0.15, 0.2) is 103 Å². The van der Waals surface area contributed by atoms with Crippen molar-refractivity contribution in [3.63, 3.8) is 0 Å². The van der Waals surface area contributed by atoms with Crippen LogP contribution >= 0.6 is 31.9 Å². The van der Waals surface area contributed by atoms with Crippen LogP contribution in [0.5, 0.6) is 11.5 Å². The van der Waals surface area contributed by atoms with E-state index in [9.17, 15) is 9.18 Å². The van der Waals surface area contributed by atoms with Gasteiger partial charge in [-0.3, -0.25) is 4.79 Å². The van der Waals surface area contributed by atoms with Gasteiger partial charge in [0.05, 0.1) is 15.2 Å². The van der Waals surface area contributed by atoms with Gasteiger partial charge < -0.3 is 18.5 Å². The van der Waals surface area contributed by atoms with Crippen LogP contribution in [0.3, 0.4) is 0 Å². The first-order valence-electron chi connectivity index (χ1n) is 12.9. The van der Waals surface area contributed by atoms with Crippen molar-refractivity contribution in [1.29, 1.82) is 0 Å². The normalized spacial score (nSPS) is 11.2. The summed E-state index contributed by atoms with van der Waals surface area (Å²) in [6, 6.07) is 25.2. The second-order valence-electron chi connectivity index (χ2n) is 9.39. The first-order valence-corrected chi connectivity index (χ1v) is 14.5. The van der Waals surface area contributed by atoms with Crippen molar-refractivity contribution >= 4 is 44.0 Å². The minimum Gasteiger partial charge on any atom is -0.486 e. The number of furan rings is 1. The molecule has 0 fully saturated rings. The van der Waals surface area contributed by atoms with Crippen LogP contribution in [-0.4, -0.2) is 16.7 Å². The summed E-state index contributed by atoms with van der Waals surface area (Å²) >= 11 is 6.95. The average molecular weight is 695 g/mol. The molecule has 214 valence electrons. The van der Waals surface area contributed by atoms with Crippen molar-refractivity contribution in [2.45, 2.75) is 27.1 Å². The number of aromatic nitrogens is 1. The molecule has 1 amide bonds. The van der Waals surface area contributed by atoms with Crippen LogP contribution in [0.2, 0.25) is 0 Å². The molecular formula is C32H26Br2FN3O4. The van der Waals surface area contributed by atoms with Gasteiger partial charge in [-0.05, 0) is 118 Å². The molecule has 2 heterocycles. The third-order valence-electron chi connectivity index (χ3n) is 6.36. The van der Waals surface area contributed by atoms with Gasteiger partial charge in [-0.25, -0.2) is 9.82 Å². The fourth-order valence-electron chi connectivity index (χ4n) is 4.28. The summed E-state index contributed by atoms with van der Waals surface area (Å²) in [6.07, 6.45) is 1.49. The molecule has 0 radical (unpaired) electrons. The van der Waals surface area contributed by atoms with Gasteiger partial charge in [-0.2, -0.15) is 5.10 Å². The molecule has 2 aromatic heterocycles. The number of amides is 1. The molecule has 0 unspecified atom stereocenters. The first-order chi connectivity index (χ1) is 20.3. The number of aryl methyl sites for hydroxylation is 2. The number of carbonyl (C=O) groups is 1. The molecule has 0 atom stereocenters. The smallest absolute Gasteiger partial charge is 0.307 e. The van der Waals surface area contributed by atoms with E-state index in [2.05, 4.69) is 72.9 Å². The summed E-state index contributed by atoms with van der Waals surface area (Å²) in [4.78, 5) is 12.5. The van der Waals surface area contributed by atoms with E-state index in [-0.39, 0.29) is 24.8 Å². The van der Waals surface area contributed by atoms with E-state index in [1.54, 1.807) is 42.5 Å². The lowest BCUT2D eigenvalue weighted by molar-refractivity contribution is 0.0923. The highest BCUT2D eigenvalue weighted by Crippen LogP contribution is 2.35. The number of ether oxygens (including phenoxy) is 2. The molecule has 10 heteroatoms. The van der Waals surface area contributed by atoms with Crippen molar-refractivity contribution in [2.75, 3.05) is 0 Å². The molecule has 0 bridgehead atoms. The van der Waals surface area contributed by atoms with Crippen LogP contribution in [0.25, 0.3) is 5.69 Å². The van der Waals surface area contributed by atoms with Crippen LogP contribution in [0.4, 0.5) is 4.39 Å². The Hall–Kier alpha value is -4.15. The standard InChI is InChI=1S/C32H26Br2FN3O4/c1-20-7-8-21(2)38(20)24-9-11-25(12-10-24)40-19-26-13-14-30(42-26)32(39)37-36-17-22-15-27(33)31(28(34)16-22)41-18-23-5-3-4-6-29(23)35/h3-17H,18-19H2,1-2H3,(H,37,39)/b36-17+. The van der Waals surface area contributed by atoms with Gasteiger partial charge in [-0.15, -0.1) is 0 Å². The summed E-state index contributed by atoms with van der Waals surface area (Å²) < 4.78 is 34.6. The third kappa shape index (κ3) is 7.00. The van der Waals surface area contributed by atoms with E-state index in [1.165, 1.54) is 12.3 Å². The molecule has 0 aliphatic carbocycles. The Bertz CT molecular complexity index is 1700. The Labute approximate surface area is 259 Å². The van der Waals surface area contributed by atoms with Crippen molar-refractivity contribution in [3.8, 4) is 17.2 Å². The number of nitrogens with one attached hydrogen (secondary N) is 1. The second-order valence-corrected chi connectivity index (χ2v) is 11.1. The van der Waals surface area contributed by atoms with Gasteiger partial charge in [0.1, 0.15) is 36.3 Å². The number of carbonyl (C=O) groups excluding carboxylic acids is 1. The number of rotatable bonds is 10. The molecule has 3 aromatic carbocycles. The lowest BCUT2D eigenvalue weighted by Gasteiger charge is -2.11. The monoisotopic (exact) mass is 693 g/mol. The van der Waals surface area contributed by atoms with E-state index in [4.69, 9.17) is 13.9 Å². The van der Waals surface area contributed by atoms with E-state index >= 15 is 0 Å². The second kappa shape index (κ2) is 13.2. The van der Waals surface area contributed by atoms with Gasteiger partial charge in [0, 0.05) is 22.6 Å². The molecule has 5 aromatic rings. The Morgan fingerprint density at radius 3 is 2.31 bits per heavy atom. The van der Waals surface area contributed by atoms with Gasteiger partial charge >= 0.3 is 5.91 Å². The zero-order valence-electron chi connectivity index (χ0n) is 22.7. The minimum absolute atomic E-state index is 0.0730. The van der Waals surface area contributed by atoms with Gasteiger partial charge in [0.15, 0.2) is 5.76 Å². The zero-order valence-corrected chi connectivity index (χ0v) is 25.9. The topological polar surface area (TPSA) is 78.0 Å². The summed E-state index contributed by atoms with van der Waals surface area (Å²) in [5.41, 5.74) is 6.98. The fourth-order valence-corrected chi connectivity index (χ4v) is 5.73. The molecule has 1 N–H and O–H groups in total. The molecule has 42 heavy (non-hydrogen) atoms. The third-order valence-corrected chi connectivity index (χ3v) is 7.54. The van der Waals surface area contributed by atoms with Crippen molar-refractivity contribution < 1.29 is 23.1 Å². The zero-order chi connectivity index (χ0) is 29.6. The Balaban J connectivity index is 1.13. The maximum atomic E-state index is 13.9. The maximum absolute atomic E-state index is 13.9. The SMILES string of the molecule is Cc1ccc(C)n1-c1ccc(OCc2ccc(C(=O)N/N=C/c3cc(Br)c(OCc4ccccc4F)c(Br)c3)o2)cc1. The molecule has 5 rings (SSSR count). The minimum atomic E-state index is -0.498. The maximum Gasteiger partial charge on any atom is 0.307 e. The molecule has 0 saturated heterocycles. The number of benzene rings is 3. The molecule has 0 aliphatic rings. The van der Waals surface area contributed by atoms with Crippen LogP contribution in [0, 0.1) is 19.7 Å². The number of hydrogen-bond donors (Lipinski definition) is 1. The summed E-state index contributed by atoms with van der Waals surface area (Å²) in [6.45, 7) is 4.38. The number of hydrogen-bond acceptors (Lipinski definition) is 5. The van der Waals surface area contributed by atoms with E-state index in [1.807, 2.05) is 24.3 Å². The summed E-state index contributed by atoms with van der Waals surface area (Å²) in [5, 5.41) is 4.03. The number of nitrogens with zero attached hydrogens (tertiary/aromatic N) is 2. The summed E-state index contributed by atoms with van der Waals surface area (Å²) in [7, 11) is 0. The van der Waals surface area contributed by atoms with Gasteiger partial charge in [0.2, 0.25) is 0 Å². The van der Waals surface area contributed by atoms with Crippen LogP contribution in [0.1, 0.15) is 38.8 Å². The van der Waals surface area contributed by atoms with E-state index in [0.29, 0.717) is 37.3 Å². The Kier molecular flexibility index (Phi) is 9.24. The average Bonchev–Trinajstić information content (AvgIpc) is 3.58. The van der Waals surface area contributed by atoms with Crippen LogP contribution in [-0.2, 0) is 13.2 Å². The van der Waals surface area contributed by atoms with Gasteiger partial charge in [0.25, 0.3) is 0 Å². The molecule has 0 spiro atoms. The van der Waals surface area contributed by atoms with Crippen LogP contribution < -0.4 is 14.9 Å². The Morgan fingerprint density at radius 1 is 0.929 bits per heavy atom. The number of halogens is 3. The lowest BCUT2D eigenvalue weighted by atomic mass is 10.2. The fraction of sp³-hybridized carbons (Fsp3) is 0.125. The lowest BCUT2D eigenvalue weighted by Crippen LogP contribution is -2.16. The molecule has 0 aliphatic heterocycles.